The lowest BCUT2D eigenvalue weighted by Gasteiger charge is -1.99. The number of carbonyl (C=O) groups is 1. The molecule has 0 aromatic rings. The molecule has 0 fully saturated rings. The first kappa shape index (κ1) is 16.9. The topological polar surface area (TPSA) is 26.3 Å². The molecule has 0 amide bonds. The predicted octanol–water partition coefficient (Wildman–Crippen LogP) is 4.80. The first-order chi connectivity index (χ1) is 8.81. The van der Waals surface area contributed by atoms with Gasteiger partial charge in [-0.1, -0.05) is 64.2 Å². The number of hydrogen-bond donors (Lipinski definition) is 0. The molecule has 0 atom stereocenters. The van der Waals surface area contributed by atoms with Crippen LogP contribution in [-0.2, 0) is 9.53 Å². The maximum absolute atomic E-state index is 10.7. The summed E-state index contributed by atoms with van der Waals surface area (Å²) in [6.07, 6.45) is 16.9. The molecular formula is C16H28O2. The maximum Gasteiger partial charge on any atom is 0.330 e. The van der Waals surface area contributed by atoms with Crippen LogP contribution in [-0.4, -0.2) is 12.6 Å². The number of allylic oxidation sites excluding steroid dienone is 1. The standard InChI is InChI=1S/C16H28O2/c1-3-5-6-7-8-9-10-11-12-13-14-15-18-16(17)4-2/h4,12-13H,2-3,5-11,14-15H2,1H3/b13-12+. The Labute approximate surface area is 112 Å². The first-order valence-electron chi connectivity index (χ1n) is 7.25. The fourth-order valence-corrected chi connectivity index (χ4v) is 1.74. The molecule has 0 unspecified atom stereocenters. The fourth-order valence-electron chi connectivity index (χ4n) is 1.74. The quantitative estimate of drug-likeness (QED) is 0.216. The first-order valence-corrected chi connectivity index (χ1v) is 7.25. The molecule has 0 heterocycles. The highest BCUT2D eigenvalue weighted by molar-refractivity contribution is 5.81. The minimum Gasteiger partial charge on any atom is -0.462 e. The van der Waals surface area contributed by atoms with Gasteiger partial charge in [0.15, 0.2) is 0 Å². The largest absolute Gasteiger partial charge is 0.462 e. The third kappa shape index (κ3) is 13.0. The summed E-state index contributed by atoms with van der Waals surface area (Å²) in [4.78, 5) is 10.7. The molecule has 18 heavy (non-hydrogen) atoms. The molecule has 2 heteroatoms. The van der Waals surface area contributed by atoms with Crippen molar-refractivity contribution in [2.75, 3.05) is 6.61 Å². The van der Waals surface area contributed by atoms with E-state index in [0.717, 1.165) is 12.8 Å². The van der Waals surface area contributed by atoms with E-state index in [-0.39, 0.29) is 5.97 Å². The Morgan fingerprint density at radius 2 is 1.61 bits per heavy atom. The lowest BCUT2D eigenvalue weighted by Crippen LogP contribution is -2.00. The van der Waals surface area contributed by atoms with Crippen LogP contribution in [0.1, 0.15) is 64.7 Å². The molecule has 0 aliphatic rings. The highest BCUT2D eigenvalue weighted by Crippen LogP contribution is 2.08. The molecule has 2 nitrogen and oxygen atoms in total. The van der Waals surface area contributed by atoms with E-state index >= 15 is 0 Å². The summed E-state index contributed by atoms with van der Waals surface area (Å²) in [5.74, 6) is -0.338. The average molecular weight is 252 g/mol. The lowest BCUT2D eigenvalue weighted by molar-refractivity contribution is -0.137. The van der Waals surface area contributed by atoms with Crippen molar-refractivity contribution in [3.63, 3.8) is 0 Å². The molecule has 0 aliphatic carbocycles. The Kier molecular flexibility index (Phi) is 13.2. The lowest BCUT2D eigenvalue weighted by atomic mass is 10.1. The molecular weight excluding hydrogens is 224 g/mol. The molecule has 0 bridgehead atoms. The van der Waals surface area contributed by atoms with Gasteiger partial charge in [0.05, 0.1) is 6.61 Å². The number of hydrogen-bond acceptors (Lipinski definition) is 2. The number of unbranched alkanes of at least 4 members (excludes halogenated alkanes) is 7. The van der Waals surface area contributed by atoms with E-state index in [1.807, 2.05) is 0 Å². The molecule has 0 radical (unpaired) electrons. The number of carbonyl (C=O) groups excluding carboxylic acids is 1. The van der Waals surface area contributed by atoms with Gasteiger partial charge in [0, 0.05) is 6.08 Å². The summed E-state index contributed by atoms with van der Waals surface area (Å²) < 4.78 is 4.87. The Hall–Kier alpha value is -1.05. The van der Waals surface area contributed by atoms with Crippen LogP contribution < -0.4 is 0 Å². The normalized spacial score (nSPS) is 10.7. The molecule has 0 spiro atoms. The molecule has 0 N–H and O–H groups in total. The zero-order valence-corrected chi connectivity index (χ0v) is 11.8. The zero-order chi connectivity index (χ0) is 13.5. The second kappa shape index (κ2) is 14.0. The minimum atomic E-state index is -0.338. The third-order valence-corrected chi connectivity index (χ3v) is 2.84. The predicted molar refractivity (Wildman–Crippen MR) is 77.5 cm³/mol. The van der Waals surface area contributed by atoms with Crippen LogP contribution in [0.25, 0.3) is 0 Å². The smallest absolute Gasteiger partial charge is 0.330 e. The Morgan fingerprint density at radius 1 is 1.00 bits per heavy atom. The zero-order valence-electron chi connectivity index (χ0n) is 11.8. The van der Waals surface area contributed by atoms with Crippen LogP contribution >= 0.6 is 0 Å². The van der Waals surface area contributed by atoms with Crippen LogP contribution in [0.15, 0.2) is 24.8 Å². The van der Waals surface area contributed by atoms with Gasteiger partial charge < -0.3 is 4.74 Å². The van der Waals surface area contributed by atoms with Crippen LogP contribution in [0.3, 0.4) is 0 Å². The van der Waals surface area contributed by atoms with Crippen molar-refractivity contribution in [3.05, 3.63) is 24.8 Å². The van der Waals surface area contributed by atoms with Crippen molar-refractivity contribution in [2.24, 2.45) is 0 Å². The molecule has 104 valence electrons. The Morgan fingerprint density at radius 3 is 2.28 bits per heavy atom. The van der Waals surface area contributed by atoms with Crippen LogP contribution in [0.5, 0.6) is 0 Å². The minimum absolute atomic E-state index is 0.338. The van der Waals surface area contributed by atoms with Crippen molar-refractivity contribution in [2.45, 2.75) is 64.7 Å². The van der Waals surface area contributed by atoms with Gasteiger partial charge in [-0.2, -0.15) is 0 Å². The van der Waals surface area contributed by atoms with Crippen LogP contribution in [0.2, 0.25) is 0 Å². The highest BCUT2D eigenvalue weighted by atomic mass is 16.5. The van der Waals surface area contributed by atoms with Gasteiger partial charge in [-0.3, -0.25) is 0 Å². The summed E-state index contributed by atoms with van der Waals surface area (Å²) in [7, 11) is 0. The monoisotopic (exact) mass is 252 g/mol. The summed E-state index contributed by atoms with van der Waals surface area (Å²) in [5, 5.41) is 0. The van der Waals surface area contributed by atoms with E-state index in [0.29, 0.717) is 6.61 Å². The average Bonchev–Trinajstić information content (AvgIpc) is 2.39. The van der Waals surface area contributed by atoms with Gasteiger partial charge in [0.25, 0.3) is 0 Å². The van der Waals surface area contributed by atoms with Gasteiger partial charge in [-0.25, -0.2) is 4.79 Å². The van der Waals surface area contributed by atoms with Gasteiger partial charge in [0.1, 0.15) is 0 Å². The Bertz CT molecular complexity index is 231. The van der Waals surface area contributed by atoms with Crippen molar-refractivity contribution in [3.8, 4) is 0 Å². The fraction of sp³-hybridized carbons (Fsp3) is 0.688. The van der Waals surface area contributed by atoms with Crippen molar-refractivity contribution < 1.29 is 9.53 Å². The van der Waals surface area contributed by atoms with Crippen molar-refractivity contribution in [1.82, 2.24) is 0 Å². The molecule has 0 saturated heterocycles. The van der Waals surface area contributed by atoms with E-state index in [1.165, 1.54) is 51.0 Å². The second-order valence-corrected chi connectivity index (χ2v) is 4.54. The molecule has 0 aromatic heterocycles. The number of esters is 1. The summed E-state index contributed by atoms with van der Waals surface area (Å²) in [6.45, 7) is 6.05. The van der Waals surface area contributed by atoms with E-state index in [2.05, 4.69) is 25.7 Å². The van der Waals surface area contributed by atoms with E-state index < -0.39 is 0 Å². The third-order valence-electron chi connectivity index (χ3n) is 2.84. The van der Waals surface area contributed by atoms with E-state index in [1.54, 1.807) is 0 Å². The summed E-state index contributed by atoms with van der Waals surface area (Å²) in [6, 6.07) is 0. The number of rotatable bonds is 12. The van der Waals surface area contributed by atoms with E-state index in [4.69, 9.17) is 4.74 Å². The van der Waals surface area contributed by atoms with Crippen LogP contribution in [0.4, 0.5) is 0 Å². The molecule has 0 aliphatic heterocycles. The van der Waals surface area contributed by atoms with Gasteiger partial charge in [-0.15, -0.1) is 0 Å². The molecule has 0 saturated carbocycles. The Balaban J connectivity index is 3.13. The van der Waals surface area contributed by atoms with Gasteiger partial charge in [-0.05, 0) is 19.3 Å². The second-order valence-electron chi connectivity index (χ2n) is 4.54. The SMILES string of the molecule is C=CC(=O)OCC/C=C/CCCCCCCCC. The summed E-state index contributed by atoms with van der Waals surface area (Å²) >= 11 is 0. The van der Waals surface area contributed by atoms with Gasteiger partial charge in [0.2, 0.25) is 0 Å². The van der Waals surface area contributed by atoms with E-state index in [9.17, 15) is 4.79 Å². The van der Waals surface area contributed by atoms with Gasteiger partial charge >= 0.3 is 5.97 Å². The molecule has 0 aromatic carbocycles. The number of ether oxygens (including phenoxy) is 1. The van der Waals surface area contributed by atoms with Crippen molar-refractivity contribution >= 4 is 5.97 Å². The van der Waals surface area contributed by atoms with Crippen LogP contribution in [0, 0.1) is 0 Å². The maximum atomic E-state index is 10.7. The van der Waals surface area contributed by atoms with Crippen molar-refractivity contribution in [1.29, 1.82) is 0 Å². The summed E-state index contributed by atoms with van der Waals surface area (Å²) in [5.41, 5.74) is 0. The highest BCUT2D eigenvalue weighted by Gasteiger charge is 1.92. The molecule has 0 rings (SSSR count).